The molecule has 1 saturated heterocycles. The third kappa shape index (κ3) is 6.41. The minimum absolute atomic E-state index is 0.0421. The zero-order valence-corrected chi connectivity index (χ0v) is 18.6. The highest BCUT2D eigenvalue weighted by Crippen LogP contribution is 2.19. The van der Waals surface area contributed by atoms with Crippen molar-refractivity contribution in [1.82, 2.24) is 15.1 Å². The van der Waals surface area contributed by atoms with Crippen molar-refractivity contribution in [2.45, 2.75) is 37.8 Å². The van der Waals surface area contributed by atoms with E-state index in [2.05, 4.69) is 5.32 Å². The average Bonchev–Trinajstić information content (AvgIpc) is 3.33. The number of urea groups is 1. The Bertz CT molecular complexity index is 980. The number of Topliss-reactive ketones (excluding diaryl/α,β-unsaturated/α-hetero) is 1. The number of likely N-dealkylation sites (tertiary alicyclic amines) is 1. The topological polar surface area (TPSA) is 107 Å². The Morgan fingerprint density at radius 1 is 1.06 bits per heavy atom. The van der Waals surface area contributed by atoms with Crippen LogP contribution in [0.5, 0.6) is 0 Å². The molecular formula is C25H29N3O5. The van der Waals surface area contributed by atoms with Crippen molar-refractivity contribution >= 4 is 23.7 Å². The highest BCUT2D eigenvalue weighted by Gasteiger charge is 2.35. The summed E-state index contributed by atoms with van der Waals surface area (Å²) in [7, 11) is 1.56. The van der Waals surface area contributed by atoms with Crippen molar-refractivity contribution in [2.75, 3.05) is 20.1 Å². The number of ketones is 1. The van der Waals surface area contributed by atoms with E-state index >= 15 is 0 Å². The standard InChI is InChI=1S/C25H29N3O5/c1-27(25(33)28-15-8-13-21(28)24(31)32)16-14-22(29)20(17-18-9-4-2-5-10-18)26-23(30)19-11-6-3-7-12-19/h2-7,9-12,20-21H,8,13-17H2,1H3,(H,26,30)(H,31,32)/t20?,21-/m0/s1. The Kier molecular flexibility index (Phi) is 8.18. The molecule has 0 saturated carbocycles. The molecule has 174 valence electrons. The normalized spacial score (nSPS) is 16.2. The lowest BCUT2D eigenvalue weighted by Gasteiger charge is -2.28. The molecule has 8 nitrogen and oxygen atoms in total. The van der Waals surface area contributed by atoms with Gasteiger partial charge >= 0.3 is 12.0 Å². The molecule has 0 aliphatic carbocycles. The summed E-state index contributed by atoms with van der Waals surface area (Å²) >= 11 is 0. The summed E-state index contributed by atoms with van der Waals surface area (Å²) in [4.78, 5) is 52.6. The summed E-state index contributed by atoms with van der Waals surface area (Å²) in [5.74, 6) is -1.55. The fourth-order valence-corrected chi connectivity index (χ4v) is 3.95. The smallest absolute Gasteiger partial charge is 0.326 e. The number of carbonyl (C=O) groups excluding carboxylic acids is 3. The SMILES string of the molecule is CN(CCC(=O)C(Cc1ccccc1)NC(=O)c1ccccc1)C(=O)N1CCC[C@H]1C(=O)O. The summed E-state index contributed by atoms with van der Waals surface area (Å²) < 4.78 is 0. The number of nitrogens with zero attached hydrogens (tertiary/aromatic N) is 2. The van der Waals surface area contributed by atoms with Crippen LogP contribution in [0.2, 0.25) is 0 Å². The van der Waals surface area contributed by atoms with Gasteiger partial charge in [-0.15, -0.1) is 0 Å². The number of benzene rings is 2. The van der Waals surface area contributed by atoms with Crippen molar-refractivity contribution in [2.24, 2.45) is 0 Å². The summed E-state index contributed by atoms with van der Waals surface area (Å²) in [5, 5.41) is 12.1. The van der Waals surface area contributed by atoms with Gasteiger partial charge in [0.15, 0.2) is 5.78 Å². The predicted molar refractivity (Wildman–Crippen MR) is 123 cm³/mol. The molecule has 1 heterocycles. The van der Waals surface area contributed by atoms with Crippen LogP contribution in [0, 0.1) is 0 Å². The van der Waals surface area contributed by atoms with Gasteiger partial charge in [0.05, 0.1) is 6.04 Å². The highest BCUT2D eigenvalue weighted by atomic mass is 16.4. The number of hydrogen-bond donors (Lipinski definition) is 2. The van der Waals surface area contributed by atoms with Gasteiger partial charge in [0, 0.05) is 32.1 Å². The molecule has 1 aliphatic heterocycles. The zero-order chi connectivity index (χ0) is 23.8. The van der Waals surface area contributed by atoms with Crippen molar-refractivity contribution in [3.63, 3.8) is 0 Å². The first-order valence-corrected chi connectivity index (χ1v) is 11.0. The molecule has 33 heavy (non-hydrogen) atoms. The molecule has 2 aromatic carbocycles. The fourth-order valence-electron chi connectivity index (χ4n) is 3.95. The third-order valence-corrected chi connectivity index (χ3v) is 5.82. The summed E-state index contributed by atoms with van der Waals surface area (Å²) in [6, 6.07) is 16.1. The molecule has 8 heteroatoms. The van der Waals surface area contributed by atoms with E-state index in [0.717, 1.165) is 5.56 Å². The van der Waals surface area contributed by atoms with E-state index in [1.54, 1.807) is 31.3 Å². The molecule has 3 rings (SSSR count). The van der Waals surface area contributed by atoms with Crippen molar-refractivity contribution in [3.8, 4) is 0 Å². The van der Waals surface area contributed by atoms with Crippen LogP contribution in [0.3, 0.4) is 0 Å². The number of carboxylic acid groups (broad SMARTS) is 1. The van der Waals surface area contributed by atoms with Gasteiger partial charge in [0.1, 0.15) is 6.04 Å². The van der Waals surface area contributed by atoms with Gasteiger partial charge in [0.2, 0.25) is 0 Å². The maximum atomic E-state index is 13.1. The van der Waals surface area contributed by atoms with Gasteiger partial charge in [-0.25, -0.2) is 9.59 Å². The highest BCUT2D eigenvalue weighted by molar-refractivity contribution is 5.98. The van der Waals surface area contributed by atoms with Crippen molar-refractivity contribution in [1.29, 1.82) is 0 Å². The fraction of sp³-hybridized carbons (Fsp3) is 0.360. The Morgan fingerprint density at radius 2 is 1.70 bits per heavy atom. The molecule has 2 atom stereocenters. The lowest BCUT2D eigenvalue weighted by atomic mass is 10.00. The van der Waals surface area contributed by atoms with E-state index in [-0.39, 0.29) is 24.7 Å². The van der Waals surface area contributed by atoms with Crippen LogP contribution in [0.25, 0.3) is 0 Å². The van der Waals surface area contributed by atoms with Crippen LogP contribution in [0.4, 0.5) is 4.79 Å². The third-order valence-electron chi connectivity index (χ3n) is 5.82. The largest absolute Gasteiger partial charge is 0.480 e. The van der Waals surface area contributed by atoms with Crippen LogP contribution >= 0.6 is 0 Å². The first-order valence-electron chi connectivity index (χ1n) is 11.0. The zero-order valence-electron chi connectivity index (χ0n) is 18.6. The van der Waals surface area contributed by atoms with E-state index in [1.807, 2.05) is 36.4 Å². The van der Waals surface area contributed by atoms with Crippen LogP contribution in [0.1, 0.15) is 35.2 Å². The molecule has 2 N–H and O–H groups in total. The number of nitrogens with one attached hydrogen (secondary N) is 1. The van der Waals surface area contributed by atoms with Crippen LogP contribution in [0.15, 0.2) is 60.7 Å². The summed E-state index contributed by atoms with van der Waals surface area (Å²) in [6.07, 6.45) is 1.45. The van der Waals surface area contributed by atoms with Gasteiger partial charge in [-0.2, -0.15) is 0 Å². The minimum atomic E-state index is -1.02. The Balaban J connectivity index is 1.64. The quantitative estimate of drug-likeness (QED) is 0.609. The number of rotatable bonds is 9. The molecular weight excluding hydrogens is 422 g/mol. The number of amides is 3. The second-order valence-electron chi connectivity index (χ2n) is 8.19. The first kappa shape index (κ1) is 24.0. The van der Waals surface area contributed by atoms with Gasteiger partial charge in [-0.1, -0.05) is 48.5 Å². The van der Waals surface area contributed by atoms with Crippen LogP contribution in [-0.4, -0.2) is 70.8 Å². The Hall–Kier alpha value is -3.68. The van der Waals surface area contributed by atoms with E-state index in [1.165, 1.54) is 9.80 Å². The number of carbonyl (C=O) groups is 4. The maximum absolute atomic E-state index is 13.1. The number of carboxylic acids is 1. The monoisotopic (exact) mass is 451 g/mol. The van der Waals surface area contributed by atoms with Gasteiger partial charge in [-0.05, 0) is 37.0 Å². The van der Waals surface area contributed by atoms with E-state index in [0.29, 0.717) is 31.4 Å². The van der Waals surface area contributed by atoms with E-state index < -0.39 is 24.1 Å². The molecule has 0 spiro atoms. The van der Waals surface area contributed by atoms with E-state index in [9.17, 15) is 24.3 Å². The second kappa shape index (κ2) is 11.3. The molecule has 1 aliphatic rings. The molecule has 1 unspecified atom stereocenters. The van der Waals surface area contributed by atoms with Crippen LogP contribution < -0.4 is 5.32 Å². The first-order chi connectivity index (χ1) is 15.9. The molecule has 0 aromatic heterocycles. The number of aliphatic carboxylic acids is 1. The Morgan fingerprint density at radius 3 is 2.33 bits per heavy atom. The van der Waals surface area contributed by atoms with Gasteiger partial charge in [0.25, 0.3) is 5.91 Å². The van der Waals surface area contributed by atoms with Gasteiger partial charge < -0.3 is 20.2 Å². The minimum Gasteiger partial charge on any atom is -0.480 e. The van der Waals surface area contributed by atoms with E-state index in [4.69, 9.17) is 0 Å². The second-order valence-corrected chi connectivity index (χ2v) is 8.19. The molecule has 1 fully saturated rings. The lowest BCUT2D eigenvalue weighted by Crippen LogP contribution is -2.48. The maximum Gasteiger partial charge on any atom is 0.326 e. The summed E-state index contributed by atoms with van der Waals surface area (Å²) in [5.41, 5.74) is 1.37. The summed E-state index contributed by atoms with van der Waals surface area (Å²) in [6.45, 7) is 0.519. The molecule has 0 radical (unpaired) electrons. The van der Waals surface area contributed by atoms with Crippen molar-refractivity contribution in [3.05, 3.63) is 71.8 Å². The number of hydrogen-bond acceptors (Lipinski definition) is 4. The predicted octanol–water partition coefficient (Wildman–Crippen LogP) is 2.59. The molecule has 0 bridgehead atoms. The average molecular weight is 452 g/mol. The lowest BCUT2D eigenvalue weighted by molar-refractivity contribution is -0.141. The van der Waals surface area contributed by atoms with Gasteiger partial charge in [-0.3, -0.25) is 9.59 Å². The molecule has 2 aromatic rings. The Labute approximate surface area is 193 Å². The van der Waals surface area contributed by atoms with Crippen molar-refractivity contribution < 1.29 is 24.3 Å². The van der Waals surface area contributed by atoms with Crippen LogP contribution in [-0.2, 0) is 16.0 Å². The molecule has 3 amide bonds.